The second-order valence-electron chi connectivity index (χ2n) is 6.45. The van der Waals surface area contributed by atoms with Gasteiger partial charge in [-0.1, -0.05) is 24.3 Å². The van der Waals surface area contributed by atoms with E-state index in [0.717, 1.165) is 18.2 Å². The number of carboxylic acid groups (broad SMARTS) is 1. The van der Waals surface area contributed by atoms with E-state index in [4.69, 9.17) is 5.11 Å². The SMILES string of the molecule is Cc1cc(/C(F)=C/c2ccc(C(F)(F)F)cc2)nn1Cc1cccc(C(=O)O)c1. The highest BCUT2D eigenvalue weighted by atomic mass is 19.4. The topological polar surface area (TPSA) is 55.1 Å². The van der Waals surface area contributed by atoms with Crippen LogP contribution in [0.3, 0.4) is 0 Å². The Bertz CT molecular complexity index is 1070. The lowest BCUT2D eigenvalue weighted by Gasteiger charge is -2.06. The zero-order valence-electron chi connectivity index (χ0n) is 15.2. The molecular formula is C21H16F4N2O2. The van der Waals surface area contributed by atoms with Crippen molar-refractivity contribution >= 4 is 17.9 Å². The van der Waals surface area contributed by atoms with Crippen molar-refractivity contribution in [2.75, 3.05) is 0 Å². The van der Waals surface area contributed by atoms with Gasteiger partial charge in [-0.25, -0.2) is 9.18 Å². The molecule has 3 aromatic rings. The van der Waals surface area contributed by atoms with Gasteiger partial charge in [-0.3, -0.25) is 4.68 Å². The molecule has 8 heteroatoms. The van der Waals surface area contributed by atoms with Gasteiger partial charge in [-0.2, -0.15) is 18.3 Å². The Morgan fingerprint density at radius 1 is 1.14 bits per heavy atom. The van der Waals surface area contributed by atoms with Crippen LogP contribution in [-0.4, -0.2) is 20.9 Å². The van der Waals surface area contributed by atoms with Crippen LogP contribution in [0.4, 0.5) is 17.6 Å². The summed E-state index contributed by atoms with van der Waals surface area (Å²) in [5.41, 5.74) is 0.986. The summed E-state index contributed by atoms with van der Waals surface area (Å²) in [5.74, 6) is -1.74. The fourth-order valence-electron chi connectivity index (χ4n) is 2.75. The molecule has 1 N–H and O–H groups in total. The lowest BCUT2D eigenvalue weighted by Crippen LogP contribution is -2.05. The molecule has 0 atom stereocenters. The van der Waals surface area contributed by atoms with Gasteiger partial charge in [0.2, 0.25) is 0 Å². The Kier molecular flexibility index (Phi) is 5.54. The molecule has 3 rings (SSSR count). The monoisotopic (exact) mass is 404 g/mol. The Morgan fingerprint density at radius 3 is 2.45 bits per heavy atom. The number of carboxylic acids is 1. The smallest absolute Gasteiger partial charge is 0.416 e. The quantitative estimate of drug-likeness (QED) is 0.578. The summed E-state index contributed by atoms with van der Waals surface area (Å²) < 4.78 is 53.9. The van der Waals surface area contributed by atoms with Crippen LogP contribution in [0.15, 0.2) is 54.6 Å². The summed E-state index contributed by atoms with van der Waals surface area (Å²) >= 11 is 0. The number of carbonyl (C=O) groups is 1. The first-order valence-corrected chi connectivity index (χ1v) is 8.55. The average Bonchev–Trinajstić information content (AvgIpc) is 3.02. The number of alkyl halides is 3. The van der Waals surface area contributed by atoms with Crippen LogP contribution in [0.2, 0.25) is 0 Å². The molecule has 0 bridgehead atoms. The van der Waals surface area contributed by atoms with Crippen LogP contribution >= 0.6 is 0 Å². The van der Waals surface area contributed by atoms with E-state index in [2.05, 4.69) is 5.10 Å². The number of aromatic carboxylic acids is 1. The highest BCUT2D eigenvalue weighted by Crippen LogP contribution is 2.29. The molecule has 0 fully saturated rings. The van der Waals surface area contributed by atoms with Crippen LogP contribution in [0.25, 0.3) is 11.9 Å². The maximum absolute atomic E-state index is 14.5. The third-order valence-corrected chi connectivity index (χ3v) is 4.26. The van der Waals surface area contributed by atoms with Gasteiger partial charge in [-0.15, -0.1) is 0 Å². The standard InChI is InChI=1S/C21H16F4N2O2/c1-13-9-19(18(22)11-14-5-7-17(8-6-14)21(23,24)25)26-27(13)12-15-3-2-4-16(10-15)20(28)29/h2-11H,12H2,1H3,(H,28,29)/b18-11-. The van der Waals surface area contributed by atoms with E-state index in [1.165, 1.54) is 35.0 Å². The molecule has 0 saturated heterocycles. The van der Waals surface area contributed by atoms with Crippen molar-refractivity contribution in [3.05, 3.63) is 88.2 Å². The molecule has 2 aromatic carbocycles. The minimum Gasteiger partial charge on any atom is -0.478 e. The molecule has 29 heavy (non-hydrogen) atoms. The van der Waals surface area contributed by atoms with Gasteiger partial charge >= 0.3 is 12.1 Å². The maximum Gasteiger partial charge on any atom is 0.416 e. The van der Waals surface area contributed by atoms with Crippen molar-refractivity contribution in [3.8, 4) is 0 Å². The number of aromatic nitrogens is 2. The van der Waals surface area contributed by atoms with Gasteiger partial charge in [0.25, 0.3) is 0 Å². The van der Waals surface area contributed by atoms with Gasteiger partial charge in [0, 0.05) is 5.69 Å². The molecule has 0 spiro atoms. The first kappa shape index (κ1) is 20.3. The number of aryl methyl sites for hydroxylation is 1. The van der Waals surface area contributed by atoms with Crippen molar-refractivity contribution in [2.45, 2.75) is 19.6 Å². The number of hydrogen-bond donors (Lipinski definition) is 1. The highest BCUT2D eigenvalue weighted by Gasteiger charge is 2.29. The summed E-state index contributed by atoms with van der Waals surface area (Å²) in [6, 6.07) is 12.0. The van der Waals surface area contributed by atoms with Crippen molar-refractivity contribution in [3.63, 3.8) is 0 Å². The number of hydrogen-bond acceptors (Lipinski definition) is 2. The fraction of sp³-hybridized carbons (Fsp3) is 0.143. The van der Waals surface area contributed by atoms with E-state index in [1.807, 2.05) is 0 Å². The highest BCUT2D eigenvalue weighted by molar-refractivity contribution is 5.87. The van der Waals surface area contributed by atoms with Crippen LogP contribution in [-0.2, 0) is 12.7 Å². The van der Waals surface area contributed by atoms with Crippen LogP contribution in [0.1, 0.15) is 38.4 Å². The molecular weight excluding hydrogens is 388 g/mol. The van der Waals surface area contributed by atoms with E-state index in [0.29, 0.717) is 11.3 Å². The van der Waals surface area contributed by atoms with Gasteiger partial charge in [0.1, 0.15) is 5.69 Å². The zero-order valence-corrected chi connectivity index (χ0v) is 15.2. The van der Waals surface area contributed by atoms with Crippen molar-refractivity contribution in [1.29, 1.82) is 0 Å². The predicted molar refractivity (Wildman–Crippen MR) is 99.9 cm³/mol. The Hall–Kier alpha value is -3.42. The van der Waals surface area contributed by atoms with Gasteiger partial charge in [0.05, 0.1) is 17.7 Å². The maximum atomic E-state index is 14.5. The van der Waals surface area contributed by atoms with Gasteiger partial charge < -0.3 is 5.11 Å². The molecule has 0 aliphatic heterocycles. The lowest BCUT2D eigenvalue weighted by atomic mass is 10.1. The second kappa shape index (κ2) is 7.90. The fourth-order valence-corrected chi connectivity index (χ4v) is 2.75. The zero-order chi connectivity index (χ0) is 21.2. The van der Waals surface area contributed by atoms with Crippen LogP contribution in [0.5, 0.6) is 0 Å². The minimum atomic E-state index is -4.45. The summed E-state index contributed by atoms with van der Waals surface area (Å²) in [6.07, 6.45) is -3.34. The van der Waals surface area contributed by atoms with E-state index in [9.17, 15) is 22.4 Å². The third-order valence-electron chi connectivity index (χ3n) is 4.26. The molecule has 4 nitrogen and oxygen atoms in total. The molecule has 0 amide bonds. The number of nitrogens with zero attached hydrogens (tertiary/aromatic N) is 2. The molecule has 1 heterocycles. The van der Waals surface area contributed by atoms with Gasteiger partial charge in [0.15, 0.2) is 5.83 Å². The summed E-state index contributed by atoms with van der Waals surface area (Å²) in [4.78, 5) is 11.1. The summed E-state index contributed by atoms with van der Waals surface area (Å²) in [5, 5.41) is 13.2. The number of benzene rings is 2. The van der Waals surface area contributed by atoms with E-state index in [-0.39, 0.29) is 23.4 Å². The third kappa shape index (κ3) is 4.90. The Balaban J connectivity index is 1.81. The molecule has 150 valence electrons. The number of halogens is 4. The molecule has 1 aromatic heterocycles. The van der Waals surface area contributed by atoms with Crippen LogP contribution in [0, 0.1) is 6.92 Å². The molecule has 0 saturated carbocycles. The molecule has 0 unspecified atom stereocenters. The van der Waals surface area contributed by atoms with Crippen molar-refractivity contribution in [2.24, 2.45) is 0 Å². The normalized spacial score (nSPS) is 12.2. The molecule has 0 radical (unpaired) electrons. The average molecular weight is 404 g/mol. The first-order chi connectivity index (χ1) is 13.6. The minimum absolute atomic E-state index is 0.0387. The summed E-state index contributed by atoms with van der Waals surface area (Å²) in [7, 11) is 0. The van der Waals surface area contributed by atoms with Crippen molar-refractivity contribution in [1.82, 2.24) is 9.78 Å². The largest absolute Gasteiger partial charge is 0.478 e. The van der Waals surface area contributed by atoms with E-state index < -0.39 is 23.5 Å². The van der Waals surface area contributed by atoms with Crippen LogP contribution < -0.4 is 0 Å². The number of rotatable bonds is 5. The Morgan fingerprint density at radius 2 is 1.83 bits per heavy atom. The van der Waals surface area contributed by atoms with Crippen molar-refractivity contribution < 1.29 is 27.5 Å². The van der Waals surface area contributed by atoms with Gasteiger partial charge in [-0.05, 0) is 54.5 Å². The van der Waals surface area contributed by atoms with E-state index >= 15 is 0 Å². The first-order valence-electron chi connectivity index (χ1n) is 8.55. The summed E-state index contributed by atoms with van der Waals surface area (Å²) in [6.45, 7) is 1.98. The lowest BCUT2D eigenvalue weighted by molar-refractivity contribution is -0.137. The second-order valence-corrected chi connectivity index (χ2v) is 6.45. The van der Waals surface area contributed by atoms with E-state index in [1.54, 1.807) is 19.1 Å². The molecule has 0 aliphatic rings. The predicted octanol–water partition coefficient (Wildman–Crippen LogP) is 5.42. The molecule has 0 aliphatic carbocycles. The Labute approximate surface area is 163 Å².